The summed E-state index contributed by atoms with van der Waals surface area (Å²) in [5.74, 6) is 0.890. The standard InChI is InChI=1S/C16H23N3O/c1-11(14-7-6-8-15(9-14)20-5)17-12(2)16-10-19(4)18-13(16)3/h6-12,17H,1-5H3. The van der Waals surface area contributed by atoms with E-state index >= 15 is 0 Å². The van der Waals surface area contributed by atoms with Crippen molar-refractivity contribution in [1.82, 2.24) is 15.1 Å². The first-order valence-corrected chi connectivity index (χ1v) is 6.91. The summed E-state index contributed by atoms with van der Waals surface area (Å²) < 4.78 is 7.14. The number of nitrogens with one attached hydrogen (secondary N) is 1. The van der Waals surface area contributed by atoms with E-state index in [0.717, 1.165) is 11.4 Å². The van der Waals surface area contributed by atoms with Crippen molar-refractivity contribution in [2.45, 2.75) is 32.9 Å². The van der Waals surface area contributed by atoms with Crippen molar-refractivity contribution in [1.29, 1.82) is 0 Å². The van der Waals surface area contributed by atoms with E-state index < -0.39 is 0 Å². The van der Waals surface area contributed by atoms with Crippen LogP contribution in [0.5, 0.6) is 5.75 Å². The van der Waals surface area contributed by atoms with E-state index in [-0.39, 0.29) is 12.1 Å². The lowest BCUT2D eigenvalue weighted by Gasteiger charge is -2.20. The van der Waals surface area contributed by atoms with Crippen molar-refractivity contribution in [2.24, 2.45) is 7.05 Å². The number of rotatable bonds is 5. The molecule has 1 aromatic heterocycles. The molecule has 0 fully saturated rings. The lowest BCUT2D eigenvalue weighted by atomic mass is 10.0. The molecule has 2 unspecified atom stereocenters. The van der Waals surface area contributed by atoms with Gasteiger partial charge >= 0.3 is 0 Å². The second-order valence-electron chi connectivity index (χ2n) is 5.23. The molecule has 0 bridgehead atoms. The topological polar surface area (TPSA) is 39.1 Å². The summed E-state index contributed by atoms with van der Waals surface area (Å²) in [6.45, 7) is 6.38. The predicted octanol–water partition coefficient (Wildman–Crippen LogP) is 3.15. The van der Waals surface area contributed by atoms with Gasteiger partial charge in [-0.2, -0.15) is 5.10 Å². The zero-order chi connectivity index (χ0) is 14.7. The van der Waals surface area contributed by atoms with Crippen LogP contribution in [-0.4, -0.2) is 16.9 Å². The van der Waals surface area contributed by atoms with E-state index in [1.807, 2.05) is 30.8 Å². The molecule has 0 saturated heterocycles. The molecule has 2 rings (SSSR count). The molecule has 0 aliphatic heterocycles. The van der Waals surface area contributed by atoms with Crippen LogP contribution in [-0.2, 0) is 7.05 Å². The number of methoxy groups -OCH3 is 1. The molecule has 1 heterocycles. The highest BCUT2D eigenvalue weighted by Crippen LogP contribution is 2.23. The molecule has 4 heteroatoms. The minimum atomic E-state index is 0.250. The molecule has 4 nitrogen and oxygen atoms in total. The van der Waals surface area contributed by atoms with E-state index in [9.17, 15) is 0 Å². The third-order valence-corrected chi connectivity index (χ3v) is 3.61. The van der Waals surface area contributed by atoms with Crippen molar-refractivity contribution in [3.05, 3.63) is 47.3 Å². The Morgan fingerprint density at radius 1 is 1.25 bits per heavy atom. The Labute approximate surface area is 120 Å². The molecule has 1 aromatic carbocycles. The fourth-order valence-electron chi connectivity index (χ4n) is 2.51. The van der Waals surface area contributed by atoms with E-state index in [4.69, 9.17) is 4.74 Å². The third kappa shape index (κ3) is 3.20. The molecule has 0 saturated carbocycles. The van der Waals surface area contributed by atoms with Crippen molar-refractivity contribution in [3.8, 4) is 5.75 Å². The van der Waals surface area contributed by atoms with Gasteiger partial charge in [0.05, 0.1) is 12.8 Å². The molecule has 0 aliphatic carbocycles. The minimum absolute atomic E-state index is 0.250. The van der Waals surface area contributed by atoms with Gasteiger partial charge in [-0.25, -0.2) is 0 Å². The maximum atomic E-state index is 5.28. The Morgan fingerprint density at radius 3 is 2.60 bits per heavy atom. The number of benzene rings is 1. The number of aryl methyl sites for hydroxylation is 2. The van der Waals surface area contributed by atoms with Gasteiger partial charge < -0.3 is 10.1 Å². The number of nitrogens with zero attached hydrogens (tertiary/aromatic N) is 2. The summed E-state index contributed by atoms with van der Waals surface area (Å²) >= 11 is 0. The first-order valence-electron chi connectivity index (χ1n) is 6.91. The Morgan fingerprint density at radius 2 is 2.00 bits per heavy atom. The van der Waals surface area contributed by atoms with E-state index in [1.54, 1.807) is 7.11 Å². The van der Waals surface area contributed by atoms with Crippen molar-refractivity contribution < 1.29 is 4.74 Å². The summed E-state index contributed by atoms with van der Waals surface area (Å²) in [6, 6.07) is 8.67. The van der Waals surface area contributed by atoms with E-state index in [0.29, 0.717) is 0 Å². The van der Waals surface area contributed by atoms with Crippen LogP contribution in [0.15, 0.2) is 30.5 Å². The molecule has 2 atom stereocenters. The van der Waals surface area contributed by atoms with Gasteiger partial charge in [0, 0.05) is 30.9 Å². The highest BCUT2D eigenvalue weighted by molar-refractivity contribution is 5.30. The normalized spacial score (nSPS) is 14.1. The van der Waals surface area contributed by atoms with Crippen LogP contribution >= 0.6 is 0 Å². The fourth-order valence-corrected chi connectivity index (χ4v) is 2.51. The van der Waals surface area contributed by atoms with Crippen LogP contribution in [0, 0.1) is 6.92 Å². The monoisotopic (exact) mass is 273 g/mol. The minimum Gasteiger partial charge on any atom is -0.497 e. The Hall–Kier alpha value is -1.81. The SMILES string of the molecule is COc1cccc(C(C)NC(C)c2cn(C)nc2C)c1. The van der Waals surface area contributed by atoms with Gasteiger partial charge in [-0.3, -0.25) is 4.68 Å². The highest BCUT2D eigenvalue weighted by Gasteiger charge is 2.15. The van der Waals surface area contributed by atoms with Gasteiger partial charge in [0.1, 0.15) is 5.75 Å². The Kier molecular flexibility index (Phi) is 4.45. The van der Waals surface area contributed by atoms with Gasteiger partial charge in [0.2, 0.25) is 0 Å². The molecular weight excluding hydrogens is 250 g/mol. The third-order valence-electron chi connectivity index (χ3n) is 3.61. The predicted molar refractivity (Wildman–Crippen MR) is 80.9 cm³/mol. The first-order chi connectivity index (χ1) is 9.51. The summed E-state index contributed by atoms with van der Waals surface area (Å²) in [4.78, 5) is 0. The molecule has 108 valence electrons. The molecule has 1 N–H and O–H groups in total. The van der Waals surface area contributed by atoms with Gasteiger partial charge in [0.25, 0.3) is 0 Å². The molecule has 20 heavy (non-hydrogen) atoms. The van der Waals surface area contributed by atoms with Crippen molar-refractivity contribution in [2.75, 3.05) is 7.11 Å². The largest absolute Gasteiger partial charge is 0.497 e. The average Bonchev–Trinajstić information content (AvgIpc) is 2.77. The molecule has 0 aliphatic rings. The molecule has 2 aromatic rings. The van der Waals surface area contributed by atoms with Crippen LogP contribution in [0.3, 0.4) is 0 Å². The molecular formula is C16H23N3O. The molecule has 0 spiro atoms. The maximum absolute atomic E-state index is 5.28. The summed E-state index contributed by atoms with van der Waals surface area (Å²) in [5.41, 5.74) is 3.53. The van der Waals surface area contributed by atoms with Crippen LogP contribution in [0.2, 0.25) is 0 Å². The number of hydrogen-bond acceptors (Lipinski definition) is 3. The van der Waals surface area contributed by atoms with Crippen molar-refractivity contribution in [3.63, 3.8) is 0 Å². The fraction of sp³-hybridized carbons (Fsp3) is 0.438. The van der Waals surface area contributed by atoms with Crippen LogP contribution in [0.1, 0.15) is 42.8 Å². The lowest BCUT2D eigenvalue weighted by molar-refractivity contribution is 0.412. The number of hydrogen-bond donors (Lipinski definition) is 1. The van der Waals surface area contributed by atoms with Gasteiger partial charge in [-0.05, 0) is 38.5 Å². The van der Waals surface area contributed by atoms with Crippen LogP contribution in [0.25, 0.3) is 0 Å². The molecule has 0 amide bonds. The summed E-state index contributed by atoms with van der Waals surface area (Å²) in [5, 5.41) is 8.01. The highest BCUT2D eigenvalue weighted by atomic mass is 16.5. The Bertz CT molecular complexity index is 577. The molecule has 0 radical (unpaired) electrons. The lowest BCUT2D eigenvalue weighted by Crippen LogP contribution is -2.22. The number of aromatic nitrogens is 2. The zero-order valence-electron chi connectivity index (χ0n) is 12.8. The van der Waals surface area contributed by atoms with E-state index in [2.05, 4.69) is 42.6 Å². The quantitative estimate of drug-likeness (QED) is 0.909. The summed E-state index contributed by atoms with van der Waals surface area (Å²) in [7, 11) is 3.65. The maximum Gasteiger partial charge on any atom is 0.119 e. The smallest absolute Gasteiger partial charge is 0.119 e. The van der Waals surface area contributed by atoms with Gasteiger partial charge in [-0.1, -0.05) is 12.1 Å². The van der Waals surface area contributed by atoms with Gasteiger partial charge in [0.15, 0.2) is 0 Å². The Balaban J connectivity index is 2.10. The number of ether oxygens (including phenoxy) is 1. The summed E-state index contributed by atoms with van der Waals surface area (Å²) in [6.07, 6.45) is 2.07. The second kappa shape index (κ2) is 6.09. The van der Waals surface area contributed by atoms with Gasteiger partial charge in [-0.15, -0.1) is 0 Å². The first kappa shape index (κ1) is 14.6. The van der Waals surface area contributed by atoms with Crippen LogP contribution in [0.4, 0.5) is 0 Å². The van der Waals surface area contributed by atoms with Crippen molar-refractivity contribution >= 4 is 0 Å². The zero-order valence-corrected chi connectivity index (χ0v) is 12.8. The second-order valence-corrected chi connectivity index (χ2v) is 5.23. The average molecular weight is 273 g/mol. The van der Waals surface area contributed by atoms with Crippen LogP contribution < -0.4 is 10.1 Å². The van der Waals surface area contributed by atoms with E-state index in [1.165, 1.54) is 11.1 Å².